The molecule has 0 aliphatic heterocycles. The molecule has 70 valence electrons. The van der Waals surface area contributed by atoms with Crippen molar-refractivity contribution in [2.24, 2.45) is 0 Å². The van der Waals surface area contributed by atoms with Crippen LogP contribution in [-0.4, -0.2) is 0 Å². The topological polar surface area (TPSA) is 0 Å². The van der Waals surface area contributed by atoms with E-state index in [1.165, 1.54) is 22.3 Å². The van der Waals surface area contributed by atoms with Crippen LogP contribution in [0, 0.1) is 13.8 Å². The molecule has 0 radical (unpaired) electrons. The van der Waals surface area contributed by atoms with Crippen molar-refractivity contribution in [1.82, 2.24) is 0 Å². The molecule has 0 saturated carbocycles. The molecule has 0 fully saturated rings. The first-order valence-corrected chi connectivity index (χ1v) is 4.05. The van der Waals surface area contributed by atoms with Gasteiger partial charge in [-0.25, -0.2) is 0 Å². The number of hydrogen-bond donors (Lipinski definition) is 0. The van der Waals surface area contributed by atoms with Crippen LogP contribution in [0.2, 0.25) is 0 Å². The highest BCUT2D eigenvalue weighted by Crippen LogP contribution is 2.18. The SMILES string of the molecule is C.C=Cc1cc(C)cc(C)c1C=C. The maximum Gasteiger partial charge on any atom is -0.0161 e. The molecular weight excluding hydrogens is 156 g/mol. The molecule has 1 rings (SSSR count). The van der Waals surface area contributed by atoms with E-state index < -0.39 is 0 Å². The molecule has 0 spiro atoms. The van der Waals surface area contributed by atoms with Gasteiger partial charge in [0.2, 0.25) is 0 Å². The molecule has 1 aromatic carbocycles. The summed E-state index contributed by atoms with van der Waals surface area (Å²) in [6, 6.07) is 4.28. The summed E-state index contributed by atoms with van der Waals surface area (Å²) in [7, 11) is 0. The van der Waals surface area contributed by atoms with Gasteiger partial charge >= 0.3 is 0 Å². The summed E-state index contributed by atoms with van der Waals surface area (Å²) in [6.45, 7) is 11.7. The third kappa shape index (κ3) is 2.32. The van der Waals surface area contributed by atoms with E-state index in [1.807, 2.05) is 12.2 Å². The Morgan fingerprint density at radius 3 is 2.15 bits per heavy atom. The highest BCUT2D eigenvalue weighted by Gasteiger charge is 1.99. The van der Waals surface area contributed by atoms with Crippen LogP contribution in [-0.2, 0) is 0 Å². The minimum absolute atomic E-state index is 0. The Morgan fingerprint density at radius 2 is 1.69 bits per heavy atom. The lowest BCUT2D eigenvalue weighted by Gasteiger charge is -2.06. The molecule has 0 N–H and O–H groups in total. The highest BCUT2D eigenvalue weighted by molar-refractivity contribution is 5.66. The van der Waals surface area contributed by atoms with Crippen LogP contribution in [0.5, 0.6) is 0 Å². The van der Waals surface area contributed by atoms with E-state index in [1.54, 1.807) is 0 Å². The Morgan fingerprint density at radius 1 is 1.08 bits per heavy atom. The normalized spacial score (nSPS) is 8.77. The summed E-state index contributed by atoms with van der Waals surface area (Å²) < 4.78 is 0. The second kappa shape index (κ2) is 4.66. The molecule has 1 aromatic rings. The largest absolute Gasteiger partial charge is 0.0984 e. The van der Waals surface area contributed by atoms with Crippen LogP contribution < -0.4 is 0 Å². The Labute approximate surface area is 81.6 Å². The van der Waals surface area contributed by atoms with Gasteiger partial charge in [-0.2, -0.15) is 0 Å². The second-order valence-corrected chi connectivity index (χ2v) is 2.99. The lowest BCUT2D eigenvalue weighted by molar-refractivity contribution is 1.36. The van der Waals surface area contributed by atoms with Crippen LogP contribution in [0.25, 0.3) is 12.2 Å². The average Bonchev–Trinajstić information content (AvgIpc) is 2.03. The fraction of sp³-hybridized carbons (Fsp3) is 0.231. The zero-order chi connectivity index (χ0) is 9.14. The van der Waals surface area contributed by atoms with Crippen molar-refractivity contribution in [2.45, 2.75) is 21.3 Å². The molecule has 0 atom stereocenters. The molecule has 13 heavy (non-hydrogen) atoms. The summed E-state index contributed by atoms with van der Waals surface area (Å²) >= 11 is 0. The first-order valence-electron chi connectivity index (χ1n) is 4.05. The molecule has 0 saturated heterocycles. The molecule has 0 aliphatic rings. The van der Waals surface area contributed by atoms with Crippen molar-refractivity contribution < 1.29 is 0 Å². The van der Waals surface area contributed by atoms with Crippen molar-refractivity contribution in [1.29, 1.82) is 0 Å². The second-order valence-electron chi connectivity index (χ2n) is 2.99. The van der Waals surface area contributed by atoms with Crippen molar-refractivity contribution in [2.75, 3.05) is 0 Å². The van der Waals surface area contributed by atoms with Crippen molar-refractivity contribution in [3.8, 4) is 0 Å². The summed E-state index contributed by atoms with van der Waals surface area (Å²) in [5, 5.41) is 0. The number of hydrogen-bond acceptors (Lipinski definition) is 0. The molecular formula is C13H18. The van der Waals surface area contributed by atoms with Gasteiger partial charge in [-0.05, 0) is 30.5 Å². The zero-order valence-corrected chi connectivity index (χ0v) is 7.72. The van der Waals surface area contributed by atoms with Crippen molar-refractivity contribution in [3.05, 3.63) is 47.5 Å². The zero-order valence-electron chi connectivity index (χ0n) is 7.72. The molecule has 0 bridgehead atoms. The predicted molar refractivity (Wildman–Crippen MR) is 62.8 cm³/mol. The van der Waals surface area contributed by atoms with E-state index in [0.29, 0.717) is 0 Å². The van der Waals surface area contributed by atoms with Gasteiger partial charge in [-0.15, -0.1) is 0 Å². The summed E-state index contributed by atoms with van der Waals surface area (Å²) in [5.74, 6) is 0. The quantitative estimate of drug-likeness (QED) is 0.629. The summed E-state index contributed by atoms with van der Waals surface area (Å²) in [5.41, 5.74) is 4.89. The van der Waals surface area contributed by atoms with Gasteiger partial charge in [-0.3, -0.25) is 0 Å². The Kier molecular flexibility index (Phi) is 4.19. The first kappa shape index (κ1) is 11.7. The Hall–Kier alpha value is -1.30. The molecule has 0 nitrogen and oxygen atoms in total. The van der Waals surface area contributed by atoms with Gasteiger partial charge in [-0.1, -0.05) is 50.4 Å². The van der Waals surface area contributed by atoms with Gasteiger partial charge in [0.05, 0.1) is 0 Å². The Balaban J connectivity index is 0.00000144. The fourth-order valence-electron chi connectivity index (χ4n) is 1.46. The molecule has 0 heterocycles. The highest BCUT2D eigenvalue weighted by atomic mass is 14.0. The molecule has 0 aliphatic carbocycles. The monoisotopic (exact) mass is 174 g/mol. The standard InChI is InChI=1S/C12H14.CH4/c1-5-11-8-9(3)7-10(4)12(11)6-2;/h5-8H,1-2H2,3-4H3;1H4. The number of rotatable bonds is 2. The van der Waals surface area contributed by atoms with Gasteiger partial charge in [0, 0.05) is 0 Å². The van der Waals surface area contributed by atoms with Crippen LogP contribution in [0.15, 0.2) is 25.3 Å². The van der Waals surface area contributed by atoms with Crippen molar-refractivity contribution >= 4 is 12.2 Å². The Bertz CT molecular complexity index is 319. The van der Waals surface area contributed by atoms with Crippen LogP contribution in [0.1, 0.15) is 29.7 Å². The van der Waals surface area contributed by atoms with Gasteiger partial charge in [0.1, 0.15) is 0 Å². The lowest BCUT2D eigenvalue weighted by atomic mass is 9.99. The van der Waals surface area contributed by atoms with E-state index in [9.17, 15) is 0 Å². The van der Waals surface area contributed by atoms with Crippen molar-refractivity contribution in [3.63, 3.8) is 0 Å². The minimum Gasteiger partial charge on any atom is -0.0984 e. The number of aryl methyl sites for hydroxylation is 2. The van der Waals surface area contributed by atoms with E-state index >= 15 is 0 Å². The molecule has 0 aromatic heterocycles. The third-order valence-electron chi connectivity index (χ3n) is 1.99. The number of benzene rings is 1. The first-order chi connectivity index (χ1) is 5.69. The van der Waals surface area contributed by atoms with E-state index in [-0.39, 0.29) is 7.43 Å². The molecule has 0 heteroatoms. The summed E-state index contributed by atoms with van der Waals surface area (Å²) in [4.78, 5) is 0. The molecule has 0 unspecified atom stereocenters. The van der Waals surface area contributed by atoms with Crippen LogP contribution in [0.4, 0.5) is 0 Å². The predicted octanol–water partition coefficient (Wildman–Crippen LogP) is 4.23. The van der Waals surface area contributed by atoms with E-state index in [0.717, 1.165) is 0 Å². The third-order valence-corrected chi connectivity index (χ3v) is 1.99. The lowest BCUT2D eigenvalue weighted by Crippen LogP contribution is -1.87. The summed E-state index contributed by atoms with van der Waals surface area (Å²) in [6.07, 6.45) is 3.75. The maximum atomic E-state index is 3.78. The fourth-order valence-corrected chi connectivity index (χ4v) is 1.46. The minimum atomic E-state index is 0. The van der Waals surface area contributed by atoms with E-state index in [2.05, 4.69) is 39.1 Å². The van der Waals surface area contributed by atoms with Crippen LogP contribution >= 0.6 is 0 Å². The van der Waals surface area contributed by atoms with Gasteiger partial charge in [0.25, 0.3) is 0 Å². The van der Waals surface area contributed by atoms with Gasteiger partial charge < -0.3 is 0 Å². The van der Waals surface area contributed by atoms with Crippen LogP contribution in [0.3, 0.4) is 0 Å². The average molecular weight is 174 g/mol. The smallest absolute Gasteiger partial charge is 0.0161 e. The van der Waals surface area contributed by atoms with Gasteiger partial charge in [0.15, 0.2) is 0 Å². The molecule has 0 amide bonds. The van der Waals surface area contributed by atoms with E-state index in [4.69, 9.17) is 0 Å². The maximum absolute atomic E-state index is 3.78.